The Morgan fingerprint density at radius 2 is 1.81 bits per heavy atom. The number of carbonyl (C=O) groups is 2. The Morgan fingerprint density at radius 3 is 2.45 bits per heavy atom. The first-order chi connectivity index (χ1) is 15.0. The number of hydrogen-bond acceptors (Lipinski definition) is 4. The predicted molar refractivity (Wildman–Crippen MR) is 129 cm³/mol. The smallest absolute Gasteiger partial charge is 0.248 e. The third kappa shape index (κ3) is 6.34. The van der Waals surface area contributed by atoms with Crippen molar-refractivity contribution in [2.75, 3.05) is 43.5 Å². The molecule has 0 unspecified atom stereocenters. The molecule has 1 heterocycles. The molecule has 0 aliphatic carbocycles. The quantitative estimate of drug-likeness (QED) is 0.583. The molecule has 0 radical (unpaired) electrons. The lowest BCUT2D eigenvalue weighted by molar-refractivity contribution is -0.131. The topological polar surface area (TPSA) is 61.9 Å². The fraction of sp³-hybridized carbons (Fsp3) is 0.333. The lowest BCUT2D eigenvalue weighted by Gasteiger charge is -2.36. The van der Waals surface area contributed by atoms with Crippen molar-refractivity contribution < 1.29 is 14.3 Å². The van der Waals surface area contributed by atoms with E-state index < -0.39 is 0 Å². The average Bonchev–Trinajstić information content (AvgIpc) is 2.78. The second-order valence-corrected chi connectivity index (χ2v) is 8.29. The van der Waals surface area contributed by atoms with E-state index in [4.69, 9.17) is 4.74 Å². The van der Waals surface area contributed by atoms with Gasteiger partial charge in [0.2, 0.25) is 11.8 Å². The Morgan fingerprint density at radius 1 is 1.10 bits per heavy atom. The van der Waals surface area contributed by atoms with Crippen molar-refractivity contribution in [3.05, 3.63) is 58.6 Å². The summed E-state index contributed by atoms with van der Waals surface area (Å²) in [6.07, 6.45) is 4.73. The van der Waals surface area contributed by atoms with Gasteiger partial charge in [-0.15, -0.1) is 0 Å². The molecule has 2 aromatic rings. The van der Waals surface area contributed by atoms with Crippen LogP contribution in [-0.4, -0.2) is 50.0 Å². The van der Waals surface area contributed by atoms with Gasteiger partial charge in [0.05, 0.1) is 7.11 Å². The number of carbonyl (C=O) groups excluding carboxylic acids is 2. The van der Waals surface area contributed by atoms with Crippen LogP contribution in [0.5, 0.6) is 5.75 Å². The highest BCUT2D eigenvalue weighted by molar-refractivity contribution is 9.10. The number of hydrogen-bond donors (Lipinski definition) is 1. The molecule has 1 fully saturated rings. The molecule has 2 amide bonds. The number of benzene rings is 2. The van der Waals surface area contributed by atoms with Crippen LogP contribution in [0.4, 0.5) is 11.4 Å². The van der Waals surface area contributed by atoms with E-state index in [0.29, 0.717) is 12.2 Å². The van der Waals surface area contributed by atoms with Gasteiger partial charge >= 0.3 is 0 Å². The van der Waals surface area contributed by atoms with Gasteiger partial charge in [-0.2, -0.15) is 0 Å². The van der Waals surface area contributed by atoms with Gasteiger partial charge in [0.15, 0.2) is 0 Å². The van der Waals surface area contributed by atoms with Crippen molar-refractivity contribution in [1.29, 1.82) is 0 Å². The Balaban J connectivity index is 1.54. The van der Waals surface area contributed by atoms with Crippen LogP contribution < -0.4 is 15.0 Å². The molecular formula is C24H28BrN3O3. The van der Waals surface area contributed by atoms with Gasteiger partial charge in [0, 0.05) is 60.1 Å². The van der Waals surface area contributed by atoms with E-state index in [0.717, 1.165) is 54.0 Å². The first kappa shape index (κ1) is 22.9. The normalized spacial score (nSPS) is 14.0. The van der Waals surface area contributed by atoms with Gasteiger partial charge in [-0.1, -0.05) is 22.9 Å². The molecule has 0 atom stereocenters. The third-order valence-corrected chi connectivity index (χ3v) is 5.70. The van der Waals surface area contributed by atoms with E-state index in [2.05, 4.69) is 26.1 Å². The zero-order valence-electron chi connectivity index (χ0n) is 17.9. The minimum absolute atomic E-state index is 0.210. The molecule has 0 aromatic heterocycles. The maximum Gasteiger partial charge on any atom is 0.248 e. The summed E-state index contributed by atoms with van der Waals surface area (Å²) >= 11 is 3.43. The molecule has 6 nitrogen and oxygen atoms in total. The van der Waals surface area contributed by atoms with Crippen molar-refractivity contribution in [2.24, 2.45) is 0 Å². The minimum atomic E-state index is -0.210. The van der Waals surface area contributed by atoms with Crippen molar-refractivity contribution in [1.82, 2.24) is 4.90 Å². The molecule has 1 aliphatic heterocycles. The van der Waals surface area contributed by atoms with E-state index >= 15 is 0 Å². The average molecular weight is 486 g/mol. The van der Waals surface area contributed by atoms with Crippen LogP contribution in [0.2, 0.25) is 0 Å². The summed E-state index contributed by atoms with van der Waals surface area (Å²) < 4.78 is 6.24. The molecule has 2 aromatic carbocycles. The SMILES string of the molecule is CCCC(=O)N1CCN(c2ccc(NC(=O)C=Cc3cc(Br)ccc3OC)cc2)CC1. The van der Waals surface area contributed by atoms with Crippen molar-refractivity contribution in [2.45, 2.75) is 19.8 Å². The molecule has 1 aliphatic rings. The van der Waals surface area contributed by atoms with Gasteiger partial charge in [-0.3, -0.25) is 9.59 Å². The largest absolute Gasteiger partial charge is 0.496 e. The number of methoxy groups -OCH3 is 1. The summed E-state index contributed by atoms with van der Waals surface area (Å²) in [4.78, 5) is 28.6. The van der Waals surface area contributed by atoms with E-state index in [1.54, 1.807) is 13.2 Å². The van der Waals surface area contributed by atoms with Crippen molar-refractivity contribution >= 4 is 45.2 Å². The van der Waals surface area contributed by atoms with Crippen LogP contribution in [-0.2, 0) is 9.59 Å². The minimum Gasteiger partial charge on any atom is -0.496 e. The number of rotatable bonds is 7. The Labute approximate surface area is 192 Å². The predicted octanol–water partition coefficient (Wildman–Crippen LogP) is 4.56. The van der Waals surface area contributed by atoms with E-state index in [1.165, 1.54) is 6.08 Å². The van der Waals surface area contributed by atoms with E-state index in [1.807, 2.05) is 54.3 Å². The summed E-state index contributed by atoms with van der Waals surface area (Å²) in [5, 5.41) is 2.88. The van der Waals surface area contributed by atoms with Gasteiger partial charge in [-0.25, -0.2) is 0 Å². The van der Waals surface area contributed by atoms with Gasteiger partial charge in [0.25, 0.3) is 0 Å². The first-order valence-electron chi connectivity index (χ1n) is 10.5. The molecule has 0 saturated carbocycles. The second-order valence-electron chi connectivity index (χ2n) is 7.37. The highest BCUT2D eigenvalue weighted by atomic mass is 79.9. The molecule has 31 heavy (non-hydrogen) atoms. The third-order valence-electron chi connectivity index (χ3n) is 5.20. The fourth-order valence-electron chi connectivity index (χ4n) is 3.53. The monoisotopic (exact) mass is 485 g/mol. The zero-order valence-corrected chi connectivity index (χ0v) is 19.5. The van der Waals surface area contributed by atoms with Crippen LogP contribution >= 0.6 is 15.9 Å². The maximum atomic E-state index is 12.3. The molecule has 164 valence electrons. The summed E-state index contributed by atoms with van der Waals surface area (Å²) in [7, 11) is 1.60. The van der Waals surface area contributed by atoms with Crippen LogP contribution in [0.3, 0.4) is 0 Å². The molecule has 1 N–H and O–H groups in total. The number of piperazine rings is 1. The first-order valence-corrected chi connectivity index (χ1v) is 11.2. The van der Waals surface area contributed by atoms with Crippen LogP contribution in [0.1, 0.15) is 25.3 Å². The number of ether oxygens (including phenoxy) is 1. The second kappa shape index (κ2) is 11.0. The van der Waals surface area contributed by atoms with Crippen LogP contribution in [0.25, 0.3) is 6.08 Å². The lowest BCUT2D eigenvalue weighted by Crippen LogP contribution is -2.48. The summed E-state index contributed by atoms with van der Waals surface area (Å²) in [6.45, 7) is 5.17. The maximum absolute atomic E-state index is 12.3. The summed E-state index contributed by atoms with van der Waals surface area (Å²) in [6, 6.07) is 13.4. The van der Waals surface area contributed by atoms with E-state index in [9.17, 15) is 9.59 Å². The number of amides is 2. The Hall–Kier alpha value is -2.80. The summed E-state index contributed by atoms with van der Waals surface area (Å²) in [5.41, 5.74) is 2.64. The van der Waals surface area contributed by atoms with Crippen LogP contribution in [0, 0.1) is 0 Å². The Bertz CT molecular complexity index is 936. The standard InChI is InChI=1S/C24H28BrN3O3/c1-3-4-24(30)28-15-13-27(14-16-28)21-9-7-20(8-10-21)26-23(29)12-5-18-17-19(25)6-11-22(18)31-2/h5-12,17H,3-4,13-16H2,1-2H3,(H,26,29). The fourth-order valence-corrected chi connectivity index (χ4v) is 3.91. The van der Waals surface area contributed by atoms with E-state index in [-0.39, 0.29) is 11.8 Å². The number of nitrogens with zero attached hydrogens (tertiary/aromatic N) is 2. The van der Waals surface area contributed by atoms with Gasteiger partial charge in [0.1, 0.15) is 5.75 Å². The van der Waals surface area contributed by atoms with Crippen LogP contribution in [0.15, 0.2) is 53.0 Å². The molecule has 7 heteroatoms. The number of halogens is 1. The zero-order chi connectivity index (χ0) is 22.2. The van der Waals surface area contributed by atoms with Crippen molar-refractivity contribution in [3.63, 3.8) is 0 Å². The molecule has 0 spiro atoms. The van der Waals surface area contributed by atoms with Gasteiger partial charge < -0.3 is 19.9 Å². The highest BCUT2D eigenvalue weighted by Gasteiger charge is 2.20. The summed E-state index contributed by atoms with van der Waals surface area (Å²) in [5.74, 6) is 0.736. The number of anilines is 2. The molecule has 1 saturated heterocycles. The van der Waals surface area contributed by atoms with Gasteiger partial charge in [-0.05, 0) is 55.0 Å². The Kier molecular flexibility index (Phi) is 8.12. The molecule has 3 rings (SSSR count). The number of nitrogens with one attached hydrogen (secondary N) is 1. The molecular weight excluding hydrogens is 458 g/mol. The molecule has 0 bridgehead atoms. The highest BCUT2D eigenvalue weighted by Crippen LogP contribution is 2.24. The lowest BCUT2D eigenvalue weighted by atomic mass is 10.2. The van der Waals surface area contributed by atoms with Crippen molar-refractivity contribution in [3.8, 4) is 5.75 Å².